The third-order valence-electron chi connectivity index (χ3n) is 6.19. The number of hydrogen-bond acceptors (Lipinski definition) is 16. The number of nitrogens with two attached hydrogens (primary N) is 1. The molecule has 51 heavy (non-hydrogen) atoms. The summed E-state index contributed by atoms with van der Waals surface area (Å²) in [5, 5.41) is 19.4. The van der Waals surface area contributed by atoms with Crippen LogP contribution >= 0.6 is 15.9 Å². The minimum Gasteiger partial charge on any atom is -0.480 e. The zero-order valence-electron chi connectivity index (χ0n) is 29.8. The van der Waals surface area contributed by atoms with Gasteiger partial charge in [-0.25, -0.2) is 4.68 Å². The van der Waals surface area contributed by atoms with Gasteiger partial charge in [0.2, 0.25) is 5.91 Å². The lowest BCUT2D eigenvalue weighted by molar-refractivity contribution is -0.138. The van der Waals surface area contributed by atoms with E-state index in [0.29, 0.717) is 158 Å². The summed E-state index contributed by atoms with van der Waals surface area (Å²) in [6.45, 7) is 12.1. The highest BCUT2D eigenvalue weighted by atomic mass is 79.9. The Bertz CT molecular complexity index is 954. The molecule has 2 atom stereocenters. The minimum absolute atomic E-state index is 0.0683. The van der Waals surface area contributed by atoms with Crippen molar-refractivity contribution in [1.29, 1.82) is 0 Å². The molecule has 1 unspecified atom stereocenters. The summed E-state index contributed by atoms with van der Waals surface area (Å²) in [6, 6.07) is -1.02. The predicted molar refractivity (Wildman–Crippen MR) is 185 cm³/mol. The number of halogens is 1. The lowest BCUT2D eigenvalue weighted by Gasteiger charge is -2.11. The normalized spacial score (nSPS) is 12.7. The van der Waals surface area contributed by atoms with Gasteiger partial charge in [0.15, 0.2) is 0 Å². The molecule has 1 aromatic rings. The smallest absolute Gasteiger partial charge is 0.320 e. The van der Waals surface area contributed by atoms with Crippen molar-refractivity contribution in [1.82, 2.24) is 20.3 Å². The molecule has 19 nitrogen and oxygen atoms in total. The molecule has 4 N–H and O–H groups in total. The number of nitrogens with one attached hydrogen (secondary N) is 1. The first-order chi connectivity index (χ1) is 24.9. The van der Waals surface area contributed by atoms with Crippen LogP contribution in [0.3, 0.4) is 0 Å². The fourth-order valence-electron chi connectivity index (χ4n) is 3.61. The molecule has 0 aliphatic carbocycles. The fourth-order valence-corrected chi connectivity index (χ4v) is 4.00. The summed E-state index contributed by atoms with van der Waals surface area (Å²) in [5.41, 5.74) is 6.01. The first-order valence-electron chi connectivity index (χ1n) is 17.0. The minimum atomic E-state index is -1.09. The average molecular weight is 805 g/mol. The van der Waals surface area contributed by atoms with Crippen molar-refractivity contribution in [3.8, 4) is 0 Å². The van der Waals surface area contributed by atoms with Crippen molar-refractivity contribution in [2.24, 2.45) is 5.73 Å². The molecule has 0 saturated heterocycles. The highest BCUT2D eigenvalue weighted by Gasteiger charge is 2.16. The third kappa shape index (κ3) is 31.3. The zero-order valence-corrected chi connectivity index (χ0v) is 31.3. The number of carbonyl (C=O) groups excluding carboxylic acids is 1. The monoisotopic (exact) mass is 803 g/mol. The van der Waals surface area contributed by atoms with Crippen molar-refractivity contribution >= 4 is 27.8 Å². The zero-order chi connectivity index (χ0) is 37.0. The van der Waals surface area contributed by atoms with Crippen molar-refractivity contribution in [3.05, 3.63) is 11.9 Å². The Morgan fingerprint density at radius 3 is 1.33 bits per heavy atom. The van der Waals surface area contributed by atoms with E-state index in [1.54, 1.807) is 10.9 Å². The standard InChI is InChI=1S/C31H58BrN5O14/c1-27(38)34-2-3-41-4-5-42-6-7-43-8-9-44-10-11-45-12-13-46-14-15-47-16-17-48-18-19-49-20-21-50-22-23-51-26-30(32)37-25-28(35-36-37)24-29(33)31(39)40/h25,29-30H,2-24,26,33H2,1H3,(H,34,38)(H,39,40)/t29-,30?/m0/s1. The second-order valence-corrected chi connectivity index (χ2v) is 11.5. The van der Waals surface area contributed by atoms with Gasteiger partial charge in [-0.05, 0) is 0 Å². The Kier molecular flexibility index (Phi) is 32.4. The first-order valence-corrected chi connectivity index (χ1v) is 17.9. The van der Waals surface area contributed by atoms with Gasteiger partial charge in [-0.1, -0.05) is 21.1 Å². The molecule has 1 aromatic heterocycles. The van der Waals surface area contributed by atoms with Crippen LogP contribution in [0, 0.1) is 0 Å². The summed E-state index contributed by atoms with van der Waals surface area (Å²) >= 11 is 3.45. The number of nitrogens with zero attached hydrogens (tertiary/aromatic N) is 3. The topological polar surface area (TPSA) is 225 Å². The van der Waals surface area contributed by atoms with Crippen LogP contribution in [0.1, 0.15) is 17.6 Å². The first kappa shape index (κ1) is 47.1. The van der Waals surface area contributed by atoms with Crippen molar-refractivity contribution in [2.45, 2.75) is 24.3 Å². The molecule has 0 bridgehead atoms. The van der Waals surface area contributed by atoms with Gasteiger partial charge in [-0.15, -0.1) is 5.10 Å². The largest absolute Gasteiger partial charge is 0.480 e. The Labute approximate surface area is 308 Å². The van der Waals surface area contributed by atoms with E-state index in [1.807, 2.05) is 0 Å². The molecular formula is C31H58BrN5O14. The number of carboxylic acids is 1. The number of rotatable bonds is 39. The number of ether oxygens (including phenoxy) is 11. The average Bonchev–Trinajstić information content (AvgIpc) is 3.58. The van der Waals surface area contributed by atoms with Crippen LogP contribution in [0.15, 0.2) is 6.20 Å². The van der Waals surface area contributed by atoms with Gasteiger partial charge in [0.25, 0.3) is 0 Å². The second-order valence-electron chi connectivity index (χ2n) is 10.5. The summed E-state index contributed by atoms with van der Waals surface area (Å²) in [7, 11) is 0. The second kappa shape index (κ2) is 35.1. The SMILES string of the molecule is CC(=O)NCCOCCOCCOCCOCCOCCOCCOCCOCCOCCOCCOCC(Br)n1cc(C[C@H](N)C(=O)O)nn1. The predicted octanol–water partition coefficient (Wildman–Crippen LogP) is -0.555. The van der Waals surface area contributed by atoms with E-state index in [1.165, 1.54) is 6.92 Å². The number of amides is 1. The summed E-state index contributed by atoms with van der Waals surface area (Å²) < 4.78 is 61.6. The molecule has 298 valence electrons. The summed E-state index contributed by atoms with van der Waals surface area (Å²) in [4.78, 5) is 21.3. The van der Waals surface area contributed by atoms with E-state index >= 15 is 0 Å². The van der Waals surface area contributed by atoms with Crippen LogP contribution in [-0.2, 0) is 68.1 Å². The van der Waals surface area contributed by atoms with Gasteiger partial charge in [0.1, 0.15) is 11.0 Å². The molecule has 20 heteroatoms. The van der Waals surface area contributed by atoms with Crippen LogP contribution in [0.5, 0.6) is 0 Å². The van der Waals surface area contributed by atoms with E-state index in [9.17, 15) is 9.59 Å². The van der Waals surface area contributed by atoms with Crippen LogP contribution in [-0.4, -0.2) is 190 Å². The Morgan fingerprint density at radius 1 is 0.667 bits per heavy atom. The number of aromatic nitrogens is 3. The van der Waals surface area contributed by atoms with Crippen molar-refractivity contribution < 1.29 is 66.8 Å². The lowest BCUT2D eigenvalue weighted by atomic mass is 10.2. The number of aliphatic carboxylic acids is 1. The Hall–Kier alpha value is -1.92. The molecule has 0 aliphatic heterocycles. The maximum Gasteiger partial charge on any atom is 0.320 e. The van der Waals surface area contributed by atoms with Gasteiger partial charge < -0.3 is 68.3 Å². The van der Waals surface area contributed by atoms with E-state index < -0.39 is 12.0 Å². The van der Waals surface area contributed by atoms with E-state index in [-0.39, 0.29) is 17.3 Å². The van der Waals surface area contributed by atoms with E-state index in [4.69, 9.17) is 62.9 Å². The molecular weight excluding hydrogens is 746 g/mol. The van der Waals surface area contributed by atoms with Gasteiger partial charge >= 0.3 is 5.97 Å². The number of carbonyl (C=O) groups is 2. The molecule has 0 aliphatic rings. The van der Waals surface area contributed by atoms with Gasteiger partial charge in [0.05, 0.1) is 151 Å². The summed E-state index contributed by atoms with van der Waals surface area (Å²) in [5.74, 6) is -1.16. The third-order valence-corrected chi connectivity index (χ3v) is 6.87. The molecule has 0 saturated carbocycles. The maximum absolute atomic E-state index is 10.9. The van der Waals surface area contributed by atoms with Crippen LogP contribution in [0.25, 0.3) is 0 Å². The molecule has 0 aromatic carbocycles. The fraction of sp³-hybridized carbons (Fsp3) is 0.871. The van der Waals surface area contributed by atoms with Gasteiger partial charge in [-0.2, -0.15) is 0 Å². The van der Waals surface area contributed by atoms with Crippen molar-refractivity contribution in [2.75, 3.05) is 152 Å². The van der Waals surface area contributed by atoms with Crippen LogP contribution < -0.4 is 11.1 Å². The van der Waals surface area contributed by atoms with E-state index in [2.05, 4.69) is 31.6 Å². The van der Waals surface area contributed by atoms with Crippen LogP contribution in [0.4, 0.5) is 0 Å². The highest BCUT2D eigenvalue weighted by Crippen LogP contribution is 2.14. The Balaban J connectivity index is 1.69. The molecule has 1 heterocycles. The maximum atomic E-state index is 10.9. The molecule has 0 radical (unpaired) electrons. The van der Waals surface area contributed by atoms with Crippen molar-refractivity contribution in [3.63, 3.8) is 0 Å². The number of carboxylic acid groups (broad SMARTS) is 1. The molecule has 1 amide bonds. The number of alkyl halides is 1. The highest BCUT2D eigenvalue weighted by molar-refractivity contribution is 9.09. The molecule has 1 rings (SSSR count). The van der Waals surface area contributed by atoms with Gasteiger partial charge in [0, 0.05) is 26.1 Å². The van der Waals surface area contributed by atoms with Gasteiger partial charge in [-0.3, -0.25) is 9.59 Å². The number of hydrogen-bond donors (Lipinski definition) is 3. The molecule has 0 fully saturated rings. The van der Waals surface area contributed by atoms with E-state index in [0.717, 1.165) is 0 Å². The lowest BCUT2D eigenvalue weighted by Crippen LogP contribution is -2.32. The quantitative estimate of drug-likeness (QED) is 0.0561. The Morgan fingerprint density at radius 2 is 1.00 bits per heavy atom. The summed E-state index contributed by atoms with van der Waals surface area (Å²) in [6.07, 6.45) is 1.73. The molecule has 0 spiro atoms. The van der Waals surface area contributed by atoms with Crippen LogP contribution in [0.2, 0.25) is 0 Å².